The summed E-state index contributed by atoms with van der Waals surface area (Å²) in [7, 11) is 0. The summed E-state index contributed by atoms with van der Waals surface area (Å²) in [5, 5.41) is 6.81. The Morgan fingerprint density at radius 1 is 1.15 bits per heavy atom. The number of aromatic nitrogens is 2. The quantitative estimate of drug-likeness (QED) is 0.893. The number of hydrogen-bond donors (Lipinski definition) is 2. The van der Waals surface area contributed by atoms with E-state index in [1.54, 1.807) is 6.33 Å². The molecule has 104 valence electrons. The predicted molar refractivity (Wildman–Crippen MR) is 80.6 cm³/mol. The van der Waals surface area contributed by atoms with Gasteiger partial charge in [0.1, 0.15) is 12.1 Å². The maximum absolute atomic E-state index is 4.38. The first-order chi connectivity index (χ1) is 9.86. The molecule has 0 unspecified atom stereocenters. The molecule has 0 saturated carbocycles. The first-order valence-corrected chi connectivity index (χ1v) is 7.22. The van der Waals surface area contributed by atoms with E-state index >= 15 is 0 Å². The molecule has 1 aromatic carbocycles. The zero-order valence-electron chi connectivity index (χ0n) is 11.8. The SMILES string of the molecule is CCc1ccc(CNc2ncnc3c2CNCC3)cc1. The lowest BCUT2D eigenvalue weighted by Gasteiger charge is -2.19. The van der Waals surface area contributed by atoms with E-state index in [2.05, 4.69) is 51.8 Å². The standard InChI is InChI=1S/C16H20N4/c1-2-12-3-5-13(6-4-12)9-18-16-14-10-17-8-7-15(14)19-11-20-16/h3-6,11,17H,2,7-10H2,1H3,(H,18,19,20). The maximum atomic E-state index is 4.38. The van der Waals surface area contributed by atoms with Crippen LogP contribution in [0.15, 0.2) is 30.6 Å². The van der Waals surface area contributed by atoms with Crippen molar-refractivity contribution in [2.45, 2.75) is 32.9 Å². The van der Waals surface area contributed by atoms with E-state index < -0.39 is 0 Å². The number of benzene rings is 1. The molecule has 0 saturated heterocycles. The number of anilines is 1. The Balaban J connectivity index is 1.71. The highest BCUT2D eigenvalue weighted by atomic mass is 15.0. The maximum Gasteiger partial charge on any atom is 0.134 e. The molecular formula is C16H20N4. The Hall–Kier alpha value is -1.94. The number of fused-ring (bicyclic) bond motifs is 1. The van der Waals surface area contributed by atoms with E-state index in [1.807, 2.05) is 0 Å². The van der Waals surface area contributed by atoms with Crippen LogP contribution in [-0.4, -0.2) is 16.5 Å². The monoisotopic (exact) mass is 268 g/mol. The van der Waals surface area contributed by atoms with Gasteiger partial charge in [-0.3, -0.25) is 0 Å². The van der Waals surface area contributed by atoms with Crippen molar-refractivity contribution < 1.29 is 0 Å². The van der Waals surface area contributed by atoms with Gasteiger partial charge < -0.3 is 10.6 Å². The number of nitrogens with zero attached hydrogens (tertiary/aromatic N) is 2. The second kappa shape index (κ2) is 6.01. The fraction of sp³-hybridized carbons (Fsp3) is 0.375. The van der Waals surface area contributed by atoms with E-state index in [0.717, 1.165) is 38.3 Å². The van der Waals surface area contributed by atoms with Crippen LogP contribution in [-0.2, 0) is 25.9 Å². The molecule has 2 aromatic rings. The van der Waals surface area contributed by atoms with Gasteiger partial charge in [0.25, 0.3) is 0 Å². The molecule has 4 heteroatoms. The Morgan fingerprint density at radius 2 is 1.95 bits per heavy atom. The van der Waals surface area contributed by atoms with Crippen LogP contribution in [0.2, 0.25) is 0 Å². The van der Waals surface area contributed by atoms with Crippen molar-refractivity contribution in [3.8, 4) is 0 Å². The zero-order chi connectivity index (χ0) is 13.8. The van der Waals surface area contributed by atoms with Crippen molar-refractivity contribution in [3.05, 3.63) is 53.0 Å². The zero-order valence-corrected chi connectivity index (χ0v) is 11.8. The van der Waals surface area contributed by atoms with Crippen molar-refractivity contribution in [2.75, 3.05) is 11.9 Å². The van der Waals surface area contributed by atoms with Gasteiger partial charge in [0.2, 0.25) is 0 Å². The molecule has 0 aliphatic carbocycles. The summed E-state index contributed by atoms with van der Waals surface area (Å²) >= 11 is 0. The highest BCUT2D eigenvalue weighted by Gasteiger charge is 2.14. The van der Waals surface area contributed by atoms with Crippen molar-refractivity contribution in [1.29, 1.82) is 0 Å². The second-order valence-electron chi connectivity index (χ2n) is 5.10. The van der Waals surface area contributed by atoms with Crippen LogP contribution in [0, 0.1) is 0 Å². The van der Waals surface area contributed by atoms with Crippen LogP contribution < -0.4 is 10.6 Å². The van der Waals surface area contributed by atoms with Crippen molar-refractivity contribution in [1.82, 2.24) is 15.3 Å². The minimum absolute atomic E-state index is 0.799. The minimum atomic E-state index is 0.799. The Kier molecular flexibility index (Phi) is 3.92. The van der Waals surface area contributed by atoms with Gasteiger partial charge in [0.15, 0.2) is 0 Å². The summed E-state index contributed by atoms with van der Waals surface area (Å²) in [4.78, 5) is 8.75. The van der Waals surface area contributed by atoms with Gasteiger partial charge >= 0.3 is 0 Å². The molecule has 0 fully saturated rings. The molecule has 1 aromatic heterocycles. The van der Waals surface area contributed by atoms with Gasteiger partial charge in [0, 0.05) is 31.6 Å². The minimum Gasteiger partial charge on any atom is -0.366 e. The summed E-state index contributed by atoms with van der Waals surface area (Å²) in [5.41, 5.74) is 5.03. The Labute approximate surface area is 119 Å². The first kappa shape index (κ1) is 13.1. The summed E-state index contributed by atoms with van der Waals surface area (Å²) < 4.78 is 0. The second-order valence-corrected chi connectivity index (χ2v) is 5.10. The fourth-order valence-electron chi connectivity index (χ4n) is 2.50. The van der Waals surface area contributed by atoms with Gasteiger partial charge in [0.05, 0.1) is 5.69 Å². The smallest absolute Gasteiger partial charge is 0.134 e. The van der Waals surface area contributed by atoms with Crippen LogP contribution in [0.4, 0.5) is 5.82 Å². The van der Waals surface area contributed by atoms with Crippen LogP contribution in [0.3, 0.4) is 0 Å². The van der Waals surface area contributed by atoms with E-state index in [0.29, 0.717) is 0 Å². The number of aryl methyl sites for hydroxylation is 1. The molecule has 0 spiro atoms. The number of nitrogens with one attached hydrogen (secondary N) is 2. The lowest BCUT2D eigenvalue weighted by molar-refractivity contribution is 0.627. The Morgan fingerprint density at radius 3 is 2.75 bits per heavy atom. The third kappa shape index (κ3) is 2.80. The molecule has 0 radical (unpaired) electrons. The van der Waals surface area contributed by atoms with Gasteiger partial charge in [-0.2, -0.15) is 0 Å². The van der Waals surface area contributed by atoms with E-state index in [9.17, 15) is 0 Å². The van der Waals surface area contributed by atoms with Crippen LogP contribution in [0.25, 0.3) is 0 Å². The third-order valence-electron chi connectivity index (χ3n) is 3.77. The molecule has 0 amide bonds. The molecule has 4 nitrogen and oxygen atoms in total. The summed E-state index contributed by atoms with van der Waals surface area (Å²) in [6.07, 6.45) is 3.73. The molecule has 2 N–H and O–H groups in total. The molecule has 1 aliphatic heterocycles. The van der Waals surface area contributed by atoms with E-state index in [4.69, 9.17) is 0 Å². The fourth-order valence-corrected chi connectivity index (χ4v) is 2.50. The lowest BCUT2D eigenvalue weighted by Crippen LogP contribution is -2.26. The summed E-state index contributed by atoms with van der Waals surface area (Å²) in [6.45, 7) is 4.83. The van der Waals surface area contributed by atoms with Gasteiger partial charge in [-0.25, -0.2) is 9.97 Å². The molecule has 20 heavy (non-hydrogen) atoms. The number of hydrogen-bond acceptors (Lipinski definition) is 4. The average Bonchev–Trinajstić information content (AvgIpc) is 2.53. The van der Waals surface area contributed by atoms with Gasteiger partial charge in [-0.15, -0.1) is 0 Å². The van der Waals surface area contributed by atoms with E-state index in [1.165, 1.54) is 22.4 Å². The first-order valence-electron chi connectivity index (χ1n) is 7.22. The predicted octanol–water partition coefficient (Wildman–Crippen LogP) is 2.30. The highest BCUT2D eigenvalue weighted by molar-refractivity contribution is 5.47. The molecular weight excluding hydrogens is 248 g/mol. The molecule has 3 rings (SSSR count). The van der Waals surface area contributed by atoms with Crippen molar-refractivity contribution in [3.63, 3.8) is 0 Å². The number of rotatable bonds is 4. The Bertz CT molecular complexity index is 578. The largest absolute Gasteiger partial charge is 0.366 e. The topological polar surface area (TPSA) is 49.8 Å². The molecule has 0 atom stereocenters. The highest BCUT2D eigenvalue weighted by Crippen LogP contribution is 2.19. The van der Waals surface area contributed by atoms with Crippen LogP contribution in [0.1, 0.15) is 29.3 Å². The third-order valence-corrected chi connectivity index (χ3v) is 3.77. The van der Waals surface area contributed by atoms with Crippen LogP contribution in [0.5, 0.6) is 0 Å². The molecule has 2 heterocycles. The van der Waals surface area contributed by atoms with Crippen LogP contribution >= 0.6 is 0 Å². The average molecular weight is 268 g/mol. The molecule has 1 aliphatic rings. The summed E-state index contributed by atoms with van der Waals surface area (Å²) in [6, 6.07) is 8.73. The van der Waals surface area contributed by atoms with Crippen molar-refractivity contribution >= 4 is 5.82 Å². The van der Waals surface area contributed by atoms with E-state index in [-0.39, 0.29) is 0 Å². The van der Waals surface area contributed by atoms with Crippen molar-refractivity contribution in [2.24, 2.45) is 0 Å². The summed E-state index contributed by atoms with van der Waals surface area (Å²) in [5.74, 6) is 0.960. The lowest BCUT2D eigenvalue weighted by atomic mass is 10.1. The van der Waals surface area contributed by atoms with Gasteiger partial charge in [-0.05, 0) is 17.5 Å². The molecule has 0 bridgehead atoms. The normalized spacial score (nSPS) is 13.8. The van der Waals surface area contributed by atoms with Gasteiger partial charge in [-0.1, -0.05) is 31.2 Å².